The standard InChI is InChI=1S/C21H27N3O3S/c1-22(2)19-12-8-14-24(16-19)21(25)17-9-7-13-20(15-17)28(26,27)23(3)18-10-5-4-6-11-18/h4-7,9-11,13,15,19H,8,12,14,16H2,1-3H3. The first-order chi connectivity index (χ1) is 13.3. The van der Waals surface area contributed by atoms with Crippen LogP contribution in [0, 0.1) is 0 Å². The van der Waals surface area contributed by atoms with E-state index in [0.717, 1.165) is 12.8 Å². The molecule has 7 heteroatoms. The van der Waals surface area contributed by atoms with Crippen molar-refractivity contribution in [3.63, 3.8) is 0 Å². The predicted octanol–water partition coefficient (Wildman–Crippen LogP) is 2.68. The van der Waals surface area contributed by atoms with E-state index in [1.54, 1.807) is 36.4 Å². The van der Waals surface area contributed by atoms with Crippen molar-refractivity contribution in [3.05, 3.63) is 60.2 Å². The summed E-state index contributed by atoms with van der Waals surface area (Å²) in [6.07, 6.45) is 2.01. The summed E-state index contributed by atoms with van der Waals surface area (Å²) in [6.45, 7) is 1.36. The molecule has 1 aliphatic heterocycles. The molecule has 1 amide bonds. The number of nitrogens with zero attached hydrogens (tertiary/aromatic N) is 3. The molecule has 0 aromatic heterocycles. The molecule has 0 spiro atoms. The lowest BCUT2D eigenvalue weighted by Gasteiger charge is -2.36. The van der Waals surface area contributed by atoms with Gasteiger partial charge in [-0.2, -0.15) is 0 Å². The smallest absolute Gasteiger partial charge is 0.264 e. The molecule has 2 aromatic rings. The van der Waals surface area contributed by atoms with Crippen molar-refractivity contribution in [2.24, 2.45) is 0 Å². The van der Waals surface area contributed by atoms with Crippen LogP contribution in [0.25, 0.3) is 0 Å². The Labute approximate surface area is 167 Å². The van der Waals surface area contributed by atoms with E-state index in [9.17, 15) is 13.2 Å². The second-order valence-corrected chi connectivity index (χ2v) is 9.32. The van der Waals surface area contributed by atoms with E-state index in [1.807, 2.05) is 25.1 Å². The van der Waals surface area contributed by atoms with Crippen LogP contribution < -0.4 is 4.31 Å². The molecule has 1 heterocycles. The van der Waals surface area contributed by atoms with E-state index >= 15 is 0 Å². The van der Waals surface area contributed by atoms with Gasteiger partial charge in [0.15, 0.2) is 0 Å². The van der Waals surface area contributed by atoms with E-state index in [0.29, 0.717) is 30.4 Å². The summed E-state index contributed by atoms with van der Waals surface area (Å²) in [4.78, 5) is 17.1. The highest BCUT2D eigenvalue weighted by molar-refractivity contribution is 7.92. The molecule has 1 saturated heterocycles. The van der Waals surface area contributed by atoms with Crippen molar-refractivity contribution < 1.29 is 13.2 Å². The molecular formula is C21H27N3O3S. The average Bonchev–Trinajstić information content (AvgIpc) is 2.73. The van der Waals surface area contributed by atoms with E-state index in [2.05, 4.69) is 4.90 Å². The Hall–Kier alpha value is -2.38. The molecule has 150 valence electrons. The zero-order valence-electron chi connectivity index (χ0n) is 16.6. The molecule has 0 saturated carbocycles. The van der Waals surface area contributed by atoms with Crippen LogP contribution in [-0.4, -0.2) is 64.4 Å². The maximum Gasteiger partial charge on any atom is 0.264 e. The normalized spacial score (nSPS) is 17.6. The third kappa shape index (κ3) is 4.20. The highest BCUT2D eigenvalue weighted by Crippen LogP contribution is 2.23. The summed E-state index contributed by atoms with van der Waals surface area (Å²) in [5, 5.41) is 0. The molecule has 0 aliphatic carbocycles. The first-order valence-corrected chi connectivity index (χ1v) is 10.8. The van der Waals surface area contributed by atoms with Gasteiger partial charge in [-0.25, -0.2) is 8.42 Å². The maximum absolute atomic E-state index is 13.0. The van der Waals surface area contributed by atoms with Crippen LogP contribution in [0.5, 0.6) is 0 Å². The minimum atomic E-state index is -3.75. The van der Waals surface area contributed by atoms with Gasteiger partial charge in [-0.15, -0.1) is 0 Å². The Kier molecular flexibility index (Phi) is 6.05. The summed E-state index contributed by atoms with van der Waals surface area (Å²) in [7, 11) is 1.81. The van der Waals surface area contributed by atoms with Crippen molar-refractivity contribution in [2.75, 3.05) is 38.5 Å². The molecule has 1 aliphatic rings. The number of piperidine rings is 1. The first-order valence-electron chi connectivity index (χ1n) is 9.40. The van der Waals surface area contributed by atoms with Gasteiger partial charge in [-0.05, 0) is 57.3 Å². The van der Waals surface area contributed by atoms with Gasteiger partial charge >= 0.3 is 0 Å². The lowest BCUT2D eigenvalue weighted by atomic mass is 10.0. The molecule has 0 radical (unpaired) electrons. The van der Waals surface area contributed by atoms with E-state index in [1.165, 1.54) is 23.5 Å². The van der Waals surface area contributed by atoms with Gasteiger partial charge in [0, 0.05) is 31.7 Å². The summed E-state index contributed by atoms with van der Waals surface area (Å²) in [5.74, 6) is -0.119. The Morgan fingerprint density at radius 2 is 1.75 bits per heavy atom. The van der Waals surface area contributed by atoms with Crippen LogP contribution in [0.1, 0.15) is 23.2 Å². The fourth-order valence-corrected chi connectivity index (χ4v) is 4.71. The second kappa shape index (κ2) is 8.32. The Morgan fingerprint density at radius 3 is 2.43 bits per heavy atom. The number of anilines is 1. The van der Waals surface area contributed by atoms with Crippen LogP contribution >= 0.6 is 0 Å². The third-order valence-electron chi connectivity index (χ3n) is 5.27. The zero-order valence-corrected chi connectivity index (χ0v) is 17.4. The summed E-state index contributed by atoms with van der Waals surface area (Å²) in [5.41, 5.74) is 0.978. The topological polar surface area (TPSA) is 60.9 Å². The largest absolute Gasteiger partial charge is 0.337 e. The second-order valence-electron chi connectivity index (χ2n) is 7.35. The minimum Gasteiger partial charge on any atom is -0.337 e. The van der Waals surface area contributed by atoms with Gasteiger partial charge in [-0.1, -0.05) is 24.3 Å². The lowest BCUT2D eigenvalue weighted by Crippen LogP contribution is -2.47. The number of carbonyl (C=O) groups excluding carboxylic acids is 1. The Balaban J connectivity index is 1.84. The number of hydrogen-bond acceptors (Lipinski definition) is 4. The summed E-state index contributed by atoms with van der Waals surface area (Å²) in [6, 6.07) is 15.5. The SMILES string of the molecule is CN(C)C1CCCN(C(=O)c2cccc(S(=O)(=O)N(C)c3ccccc3)c2)C1. The zero-order chi connectivity index (χ0) is 20.3. The number of hydrogen-bond donors (Lipinski definition) is 0. The summed E-state index contributed by atoms with van der Waals surface area (Å²) >= 11 is 0. The van der Waals surface area contributed by atoms with Crippen molar-refractivity contribution in [1.82, 2.24) is 9.80 Å². The number of benzene rings is 2. The number of amides is 1. The Morgan fingerprint density at radius 1 is 1.04 bits per heavy atom. The number of sulfonamides is 1. The van der Waals surface area contributed by atoms with Crippen LogP contribution in [0.15, 0.2) is 59.5 Å². The molecule has 1 fully saturated rings. The fraction of sp³-hybridized carbons (Fsp3) is 0.381. The quantitative estimate of drug-likeness (QED) is 0.773. The summed E-state index contributed by atoms with van der Waals surface area (Å²) < 4.78 is 27.3. The molecule has 0 bridgehead atoms. The van der Waals surface area contributed by atoms with Crippen LogP contribution in [0.4, 0.5) is 5.69 Å². The first kappa shape index (κ1) is 20.4. The molecule has 0 N–H and O–H groups in total. The van der Waals surface area contributed by atoms with Gasteiger partial charge in [-0.3, -0.25) is 9.10 Å². The van der Waals surface area contributed by atoms with E-state index < -0.39 is 10.0 Å². The van der Waals surface area contributed by atoms with Gasteiger partial charge in [0.2, 0.25) is 0 Å². The highest BCUT2D eigenvalue weighted by atomic mass is 32.2. The van der Waals surface area contributed by atoms with Crippen LogP contribution in [-0.2, 0) is 10.0 Å². The molecular weight excluding hydrogens is 374 g/mol. The van der Waals surface area contributed by atoms with E-state index in [-0.39, 0.29) is 10.8 Å². The van der Waals surface area contributed by atoms with Gasteiger partial charge in [0.05, 0.1) is 10.6 Å². The fourth-order valence-electron chi connectivity index (χ4n) is 3.47. The molecule has 3 rings (SSSR count). The number of likely N-dealkylation sites (tertiary alicyclic amines) is 1. The lowest BCUT2D eigenvalue weighted by molar-refractivity contribution is 0.0635. The Bertz CT molecular complexity index is 929. The van der Waals surface area contributed by atoms with Gasteiger partial charge in [0.25, 0.3) is 15.9 Å². The minimum absolute atomic E-state index is 0.117. The van der Waals surface area contributed by atoms with Gasteiger partial charge in [0.1, 0.15) is 0 Å². The van der Waals surface area contributed by atoms with Crippen molar-refractivity contribution >= 4 is 21.6 Å². The van der Waals surface area contributed by atoms with Crippen molar-refractivity contribution in [1.29, 1.82) is 0 Å². The predicted molar refractivity (Wildman–Crippen MR) is 111 cm³/mol. The molecule has 28 heavy (non-hydrogen) atoms. The van der Waals surface area contributed by atoms with Crippen LogP contribution in [0.2, 0.25) is 0 Å². The van der Waals surface area contributed by atoms with Crippen molar-refractivity contribution in [2.45, 2.75) is 23.8 Å². The molecule has 1 atom stereocenters. The number of carbonyl (C=O) groups is 1. The number of para-hydroxylation sites is 1. The van der Waals surface area contributed by atoms with Gasteiger partial charge < -0.3 is 9.80 Å². The number of rotatable bonds is 5. The highest BCUT2D eigenvalue weighted by Gasteiger charge is 2.27. The van der Waals surface area contributed by atoms with Crippen molar-refractivity contribution in [3.8, 4) is 0 Å². The molecule has 2 aromatic carbocycles. The molecule has 1 unspecified atom stereocenters. The van der Waals surface area contributed by atoms with E-state index in [4.69, 9.17) is 0 Å². The van der Waals surface area contributed by atoms with Crippen LogP contribution in [0.3, 0.4) is 0 Å². The maximum atomic E-state index is 13.0. The third-order valence-corrected chi connectivity index (χ3v) is 7.05. The monoisotopic (exact) mass is 401 g/mol. The molecule has 6 nitrogen and oxygen atoms in total. The number of likely N-dealkylation sites (N-methyl/N-ethyl adjacent to an activating group) is 1. The average molecular weight is 402 g/mol.